The van der Waals surface area contributed by atoms with Crippen molar-refractivity contribution < 1.29 is 19.4 Å². The summed E-state index contributed by atoms with van der Waals surface area (Å²) < 4.78 is 5.77. The fourth-order valence-electron chi connectivity index (χ4n) is 2.80. The minimum Gasteiger partial charge on any atom is -0.478 e. The Balaban J connectivity index is 1.71. The van der Waals surface area contributed by atoms with Crippen LogP contribution in [-0.2, 0) is 4.79 Å². The third kappa shape index (κ3) is 3.10. The molecule has 2 aromatic rings. The molecule has 2 aromatic heterocycles. The second kappa shape index (κ2) is 6.35. The molecule has 1 aliphatic heterocycles. The maximum absolute atomic E-state index is 12.3. The van der Waals surface area contributed by atoms with Gasteiger partial charge in [0.05, 0.1) is 6.20 Å². The molecule has 3 rings (SSSR count). The number of carboxylic acids is 1. The number of carbonyl (C=O) groups is 2. The average Bonchev–Trinajstić information content (AvgIpc) is 3.11. The Labute approximate surface area is 139 Å². The fourth-order valence-corrected chi connectivity index (χ4v) is 2.80. The quantitative estimate of drug-likeness (QED) is 0.892. The molecule has 0 aliphatic carbocycles. The van der Waals surface area contributed by atoms with E-state index in [0.29, 0.717) is 24.5 Å². The summed E-state index contributed by atoms with van der Waals surface area (Å²) in [7, 11) is 0. The number of hydrogen-bond donors (Lipinski definition) is 2. The number of aromatic amines is 1. The van der Waals surface area contributed by atoms with Crippen molar-refractivity contribution in [3.05, 3.63) is 48.0 Å². The number of H-pyrrole nitrogens is 1. The van der Waals surface area contributed by atoms with Crippen LogP contribution in [0.3, 0.4) is 0 Å². The number of carboxylic acid groups (broad SMARTS) is 1. The highest BCUT2D eigenvalue weighted by Crippen LogP contribution is 2.29. The van der Waals surface area contributed by atoms with E-state index < -0.39 is 11.6 Å². The zero-order valence-corrected chi connectivity index (χ0v) is 13.4. The van der Waals surface area contributed by atoms with Gasteiger partial charge in [0.25, 0.3) is 5.91 Å². The molecule has 1 aliphatic rings. The van der Waals surface area contributed by atoms with Crippen LogP contribution in [0.15, 0.2) is 36.7 Å². The van der Waals surface area contributed by atoms with Crippen molar-refractivity contribution in [3.8, 4) is 5.75 Å². The van der Waals surface area contributed by atoms with Gasteiger partial charge in [0, 0.05) is 37.8 Å². The molecule has 0 radical (unpaired) electrons. The van der Waals surface area contributed by atoms with Crippen molar-refractivity contribution in [2.45, 2.75) is 25.4 Å². The molecule has 1 amide bonds. The van der Waals surface area contributed by atoms with Gasteiger partial charge in [0.1, 0.15) is 11.4 Å². The standard InChI is InChI=1S/C17H19N3O4/c1-12-4-5-13(11-19-12)24-17(16(22)23)6-9-20(10-7-17)15(21)14-3-2-8-18-14/h2-5,8,11,18H,6-7,9-10H2,1H3,(H,22,23). The molecule has 0 unspecified atom stereocenters. The number of pyridine rings is 1. The molecule has 1 fully saturated rings. The summed E-state index contributed by atoms with van der Waals surface area (Å²) in [5.74, 6) is -0.724. The fraction of sp³-hybridized carbons (Fsp3) is 0.353. The van der Waals surface area contributed by atoms with Gasteiger partial charge in [-0.25, -0.2) is 4.79 Å². The highest BCUT2D eigenvalue weighted by molar-refractivity contribution is 5.92. The first kappa shape index (κ1) is 16.0. The first-order valence-electron chi connectivity index (χ1n) is 7.78. The summed E-state index contributed by atoms with van der Waals surface area (Å²) in [6.07, 6.45) is 3.66. The molecule has 2 N–H and O–H groups in total. The largest absolute Gasteiger partial charge is 0.478 e. The van der Waals surface area contributed by atoms with Crippen LogP contribution < -0.4 is 4.74 Å². The number of hydrogen-bond acceptors (Lipinski definition) is 4. The van der Waals surface area contributed by atoms with Crippen LogP contribution in [0.5, 0.6) is 5.75 Å². The number of amides is 1. The monoisotopic (exact) mass is 329 g/mol. The Bertz CT molecular complexity index is 717. The maximum Gasteiger partial charge on any atom is 0.348 e. The third-order valence-electron chi connectivity index (χ3n) is 4.27. The Kier molecular flexibility index (Phi) is 4.24. The van der Waals surface area contributed by atoms with Crippen LogP contribution in [0.4, 0.5) is 0 Å². The summed E-state index contributed by atoms with van der Waals surface area (Å²) in [6, 6.07) is 6.94. The number of likely N-dealkylation sites (tertiary alicyclic amines) is 1. The minimum atomic E-state index is -1.33. The van der Waals surface area contributed by atoms with E-state index in [1.807, 2.05) is 6.92 Å². The van der Waals surface area contributed by atoms with E-state index in [1.54, 1.807) is 35.4 Å². The van der Waals surface area contributed by atoms with E-state index in [0.717, 1.165) is 5.69 Å². The van der Waals surface area contributed by atoms with E-state index in [9.17, 15) is 14.7 Å². The van der Waals surface area contributed by atoms with Crippen molar-refractivity contribution in [3.63, 3.8) is 0 Å². The molecular formula is C17H19N3O4. The molecular weight excluding hydrogens is 310 g/mol. The summed E-state index contributed by atoms with van der Waals surface area (Å²) in [5, 5.41) is 9.66. The molecule has 1 saturated heterocycles. The molecule has 0 bridgehead atoms. The summed E-state index contributed by atoms with van der Waals surface area (Å²) in [6.45, 7) is 2.49. The number of aliphatic carboxylic acids is 1. The molecule has 0 saturated carbocycles. The Morgan fingerprint density at radius 2 is 2.04 bits per heavy atom. The number of aromatic nitrogens is 2. The first-order valence-corrected chi connectivity index (χ1v) is 7.78. The average molecular weight is 329 g/mol. The summed E-state index contributed by atoms with van der Waals surface area (Å²) in [4.78, 5) is 32.8. The topological polar surface area (TPSA) is 95.5 Å². The normalized spacial score (nSPS) is 16.6. The van der Waals surface area contributed by atoms with Crippen molar-refractivity contribution in [2.24, 2.45) is 0 Å². The smallest absolute Gasteiger partial charge is 0.348 e. The van der Waals surface area contributed by atoms with Gasteiger partial charge in [0.15, 0.2) is 0 Å². The van der Waals surface area contributed by atoms with Gasteiger partial charge < -0.3 is 19.7 Å². The van der Waals surface area contributed by atoms with Crippen LogP contribution in [0.25, 0.3) is 0 Å². The van der Waals surface area contributed by atoms with Crippen molar-refractivity contribution in [2.75, 3.05) is 13.1 Å². The number of carbonyl (C=O) groups excluding carboxylic acids is 1. The zero-order chi connectivity index (χ0) is 17.2. The number of aryl methyl sites for hydroxylation is 1. The summed E-state index contributed by atoms with van der Waals surface area (Å²) >= 11 is 0. The second-order valence-electron chi connectivity index (χ2n) is 5.91. The van der Waals surface area contributed by atoms with Gasteiger partial charge >= 0.3 is 5.97 Å². The number of rotatable bonds is 4. The van der Waals surface area contributed by atoms with Gasteiger partial charge in [0.2, 0.25) is 5.60 Å². The predicted octanol–water partition coefficient (Wildman–Crippen LogP) is 1.86. The van der Waals surface area contributed by atoms with Gasteiger partial charge in [-0.1, -0.05) is 0 Å². The number of piperidine rings is 1. The Morgan fingerprint density at radius 1 is 1.29 bits per heavy atom. The molecule has 126 valence electrons. The third-order valence-corrected chi connectivity index (χ3v) is 4.27. The maximum atomic E-state index is 12.3. The zero-order valence-electron chi connectivity index (χ0n) is 13.4. The highest BCUT2D eigenvalue weighted by Gasteiger charge is 2.45. The lowest BCUT2D eigenvalue weighted by Gasteiger charge is -2.38. The second-order valence-corrected chi connectivity index (χ2v) is 5.91. The van der Waals surface area contributed by atoms with Crippen LogP contribution in [0, 0.1) is 6.92 Å². The number of nitrogens with one attached hydrogen (secondary N) is 1. The van der Waals surface area contributed by atoms with E-state index in [1.165, 1.54) is 6.20 Å². The minimum absolute atomic E-state index is 0.129. The van der Waals surface area contributed by atoms with Gasteiger partial charge in [-0.3, -0.25) is 9.78 Å². The lowest BCUT2D eigenvalue weighted by Crippen LogP contribution is -2.54. The molecule has 0 aromatic carbocycles. The van der Waals surface area contributed by atoms with Crippen molar-refractivity contribution >= 4 is 11.9 Å². The predicted molar refractivity (Wildman–Crippen MR) is 85.9 cm³/mol. The van der Waals surface area contributed by atoms with Crippen LogP contribution >= 0.6 is 0 Å². The summed E-state index contributed by atoms with van der Waals surface area (Å²) in [5.41, 5.74) is 0.00303. The Hall–Kier alpha value is -2.83. The molecule has 0 atom stereocenters. The van der Waals surface area contributed by atoms with Crippen LogP contribution in [0.1, 0.15) is 29.0 Å². The van der Waals surface area contributed by atoms with E-state index in [-0.39, 0.29) is 18.7 Å². The lowest BCUT2D eigenvalue weighted by atomic mass is 9.91. The molecule has 3 heterocycles. The molecule has 0 spiro atoms. The van der Waals surface area contributed by atoms with Crippen molar-refractivity contribution in [1.29, 1.82) is 0 Å². The van der Waals surface area contributed by atoms with E-state index in [2.05, 4.69) is 9.97 Å². The first-order chi connectivity index (χ1) is 11.5. The molecule has 7 nitrogen and oxygen atoms in total. The number of nitrogens with zero attached hydrogens (tertiary/aromatic N) is 2. The lowest BCUT2D eigenvalue weighted by molar-refractivity contribution is -0.159. The molecule has 7 heteroatoms. The van der Waals surface area contributed by atoms with Crippen LogP contribution in [-0.4, -0.2) is 50.5 Å². The number of ether oxygens (including phenoxy) is 1. The van der Waals surface area contributed by atoms with Crippen molar-refractivity contribution in [1.82, 2.24) is 14.9 Å². The van der Waals surface area contributed by atoms with E-state index >= 15 is 0 Å². The SMILES string of the molecule is Cc1ccc(OC2(C(=O)O)CCN(C(=O)c3ccc[nH]3)CC2)cn1. The van der Waals surface area contributed by atoms with Gasteiger partial charge in [-0.05, 0) is 31.2 Å². The van der Waals surface area contributed by atoms with E-state index in [4.69, 9.17) is 4.74 Å². The van der Waals surface area contributed by atoms with Crippen LogP contribution in [0.2, 0.25) is 0 Å². The van der Waals surface area contributed by atoms with Gasteiger partial charge in [-0.2, -0.15) is 0 Å². The van der Waals surface area contributed by atoms with Gasteiger partial charge in [-0.15, -0.1) is 0 Å². The highest BCUT2D eigenvalue weighted by atomic mass is 16.5. The molecule has 24 heavy (non-hydrogen) atoms. The Morgan fingerprint density at radius 3 is 2.58 bits per heavy atom.